The van der Waals surface area contributed by atoms with Gasteiger partial charge in [0.15, 0.2) is 0 Å². The molecule has 0 radical (unpaired) electrons. The molecule has 1 saturated heterocycles. The Morgan fingerprint density at radius 1 is 1.12 bits per heavy atom. The van der Waals surface area contributed by atoms with E-state index in [1.807, 2.05) is 12.1 Å². The van der Waals surface area contributed by atoms with Gasteiger partial charge in [-0.15, -0.1) is 0 Å². The lowest BCUT2D eigenvalue weighted by Gasteiger charge is -2.33. The number of benzene rings is 1. The van der Waals surface area contributed by atoms with Gasteiger partial charge in [-0.3, -0.25) is 0 Å². The van der Waals surface area contributed by atoms with E-state index in [2.05, 4.69) is 45.2 Å². The van der Waals surface area contributed by atoms with Crippen LogP contribution >= 0.6 is 0 Å². The zero-order valence-corrected chi connectivity index (χ0v) is 14.7. The third kappa shape index (κ3) is 4.11. The van der Waals surface area contributed by atoms with Crippen molar-refractivity contribution in [3.63, 3.8) is 0 Å². The van der Waals surface area contributed by atoms with Crippen molar-refractivity contribution >= 4 is 16.7 Å². The molecule has 5 nitrogen and oxygen atoms in total. The summed E-state index contributed by atoms with van der Waals surface area (Å²) in [5.74, 6) is 1.64. The standard InChI is InChI=1S/C20H28N4O/c1-2-6-17-15(4-1)8-9-20(24-17)23-11-10-21-18-7-3-5-16(18)19-14-25-13-12-22-19/h1-2,4,6,8-9,16,18-19,21-22H,3,5,7,10-14H2,(H,23,24). The number of aromatic nitrogens is 1. The van der Waals surface area contributed by atoms with Crippen molar-refractivity contribution in [2.24, 2.45) is 5.92 Å². The molecule has 3 unspecified atom stereocenters. The molecule has 3 N–H and O–H groups in total. The molecule has 2 aliphatic rings. The maximum atomic E-state index is 5.65. The van der Waals surface area contributed by atoms with E-state index in [0.717, 1.165) is 44.2 Å². The number of anilines is 1. The van der Waals surface area contributed by atoms with Crippen molar-refractivity contribution in [1.82, 2.24) is 15.6 Å². The van der Waals surface area contributed by atoms with E-state index in [9.17, 15) is 0 Å². The number of hydrogen-bond acceptors (Lipinski definition) is 5. The van der Waals surface area contributed by atoms with E-state index < -0.39 is 0 Å². The number of nitrogens with zero attached hydrogens (tertiary/aromatic N) is 1. The van der Waals surface area contributed by atoms with Crippen molar-refractivity contribution < 1.29 is 4.74 Å². The monoisotopic (exact) mass is 340 g/mol. The Kier molecular flexibility index (Phi) is 5.45. The highest BCUT2D eigenvalue weighted by Gasteiger charge is 2.34. The van der Waals surface area contributed by atoms with Crippen molar-refractivity contribution in [1.29, 1.82) is 0 Å². The molecule has 134 valence electrons. The summed E-state index contributed by atoms with van der Waals surface area (Å²) in [6, 6.07) is 13.5. The van der Waals surface area contributed by atoms with Gasteiger partial charge in [-0.2, -0.15) is 0 Å². The van der Waals surface area contributed by atoms with Gasteiger partial charge < -0.3 is 20.7 Å². The average Bonchev–Trinajstić information content (AvgIpc) is 3.14. The fraction of sp³-hybridized carbons (Fsp3) is 0.550. The molecule has 2 fully saturated rings. The molecule has 1 aliphatic heterocycles. The van der Waals surface area contributed by atoms with Crippen molar-refractivity contribution in [2.75, 3.05) is 38.2 Å². The minimum absolute atomic E-state index is 0.517. The van der Waals surface area contributed by atoms with E-state index >= 15 is 0 Å². The molecule has 3 atom stereocenters. The zero-order valence-electron chi connectivity index (χ0n) is 14.7. The SMILES string of the molecule is c1ccc2nc(NCCNC3CCCC3C3COCCN3)ccc2c1. The second-order valence-corrected chi connectivity index (χ2v) is 7.11. The van der Waals surface area contributed by atoms with Crippen molar-refractivity contribution in [2.45, 2.75) is 31.3 Å². The zero-order chi connectivity index (χ0) is 16.9. The summed E-state index contributed by atoms with van der Waals surface area (Å²) in [5, 5.41) is 12.0. The molecule has 1 aliphatic carbocycles. The van der Waals surface area contributed by atoms with E-state index in [1.165, 1.54) is 24.6 Å². The maximum Gasteiger partial charge on any atom is 0.126 e. The summed E-state index contributed by atoms with van der Waals surface area (Å²) in [5.41, 5.74) is 1.04. The van der Waals surface area contributed by atoms with Gasteiger partial charge in [0.25, 0.3) is 0 Å². The predicted octanol–water partition coefficient (Wildman–Crippen LogP) is 2.39. The molecule has 4 rings (SSSR count). The van der Waals surface area contributed by atoms with Gasteiger partial charge in [-0.25, -0.2) is 4.98 Å². The number of ether oxygens (including phenoxy) is 1. The molecule has 1 aromatic heterocycles. The predicted molar refractivity (Wildman–Crippen MR) is 102 cm³/mol. The van der Waals surface area contributed by atoms with Crippen LogP contribution in [0.1, 0.15) is 19.3 Å². The largest absolute Gasteiger partial charge is 0.379 e. The summed E-state index contributed by atoms with van der Waals surface area (Å²) >= 11 is 0. The number of fused-ring (bicyclic) bond motifs is 1. The number of rotatable bonds is 6. The first-order chi connectivity index (χ1) is 12.4. The van der Waals surface area contributed by atoms with Gasteiger partial charge in [-0.1, -0.05) is 24.6 Å². The fourth-order valence-corrected chi connectivity index (χ4v) is 4.20. The Morgan fingerprint density at radius 2 is 2.08 bits per heavy atom. The van der Waals surface area contributed by atoms with E-state index in [0.29, 0.717) is 18.0 Å². The summed E-state index contributed by atoms with van der Waals surface area (Å²) in [6.07, 6.45) is 3.90. The van der Waals surface area contributed by atoms with Crippen molar-refractivity contribution in [3.8, 4) is 0 Å². The molecular formula is C20H28N4O. The second-order valence-electron chi connectivity index (χ2n) is 7.11. The van der Waals surface area contributed by atoms with Crippen LogP contribution in [-0.2, 0) is 4.74 Å². The van der Waals surface area contributed by atoms with E-state index in [-0.39, 0.29) is 0 Å². The molecule has 2 heterocycles. The molecule has 5 heteroatoms. The van der Waals surface area contributed by atoms with Crippen LogP contribution in [-0.4, -0.2) is 49.9 Å². The van der Waals surface area contributed by atoms with Gasteiger partial charge in [0.2, 0.25) is 0 Å². The maximum absolute atomic E-state index is 5.65. The summed E-state index contributed by atoms with van der Waals surface area (Å²) in [6.45, 7) is 4.56. The summed E-state index contributed by atoms with van der Waals surface area (Å²) in [4.78, 5) is 4.67. The van der Waals surface area contributed by atoms with E-state index in [4.69, 9.17) is 4.74 Å². The molecule has 1 saturated carbocycles. The first kappa shape index (κ1) is 16.8. The molecule has 0 bridgehead atoms. The Bertz CT molecular complexity index is 686. The molecular weight excluding hydrogens is 312 g/mol. The lowest BCUT2D eigenvalue weighted by molar-refractivity contribution is 0.0526. The Balaban J connectivity index is 1.25. The number of para-hydroxylation sites is 1. The van der Waals surface area contributed by atoms with Crippen LogP contribution in [0, 0.1) is 5.92 Å². The van der Waals surface area contributed by atoms with Gasteiger partial charge >= 0.3 is 0 Å². The van der Waals surface area contributed by atoms with Crippen LogP contribution in [0.5, 0.6) is 0 Å². The molecule has 0 spiro atoms. The van der Waals surface area contributed by atoms with Crippen LogP contribution < -0.4 is 16.0 Å². The normalized spacial score (nSPS) is 26.8. The highest BCUT2D eigenvalue weighted by atomic mass is 16.5. The quantitative estimate of drug-likeness (QED) is 0.705. The summed E-state index contributed by atoms with van der Waals surface area (Å²) in [7, 11) is 0. The highest BCUT2D eigenvalue weighted by molar-refractivity contribution is 5.79. The van der Waals surface area contributed by atoms with Gasteiger partial charge in [-0.05, 0) is 37.0 Å². The molecule has 0 amide bonds. The number of nitrogens with one attached hydrogen (secondary N) is 3. The Hall–Kier alpha value is -1.69. The first-order valence-electron chi connectivity index (χ1n) is 9.54. The van der Waals surface area contributed by atoms with Crippen LogP contribution in [0.2, 0.25) is 0 Å². The highest BCUT2D eigenvalue weighted by Crippen LogP contribution is 2.29. The summed E-state index contributed by atoms with van der Waals surface area (Å²) < 4.78 is 5.65. The molecule has 2 aromatic rings. The number of pyridine rings is 1. The first-order valence-corrected chi connectivity index (χ1v) is 9.54. The van der Waals surface area contributed by atoms with Crippen molar-refractivity contribution in [3.05, 3.63) is 36.4 Å². The third-order valence-corrected chi connectivity index (χ3v) is 5.47. The van der Waals surface area contributed by atoms with Crippen LogP contribution in [0.15, 0.2) is 36.4 Å². The Morgan fingerprint density at radius 3 is 3.00 bits per heavy atom. The van der Waals surface area contributed by atoms with Crippen LogP contribution in [0.3, 0.4) is 0 Å². The van der Waals surface area contributed by atoms with Crippen LogP contribution in [0.4, 0.5) is 5.82 Å². The number of hydrogen-bond donors (Lipinski definition) is 3. The minimum Gasteiger partial charge on any atom is -0.379 e. The lowest BCUT2D eigenvalue weighted by atomic mass is 9.94. The second kappa shape index (κ2) is 8.13. The van der Waals surface area contributed by atoms with E-state index in [1.54, 1.807) is 0 Å². The third-order valence-electron chi connectivity index (χ3n) is 5.47. The Labute approximate surface area is 149 Å². The van der Waals surface area contributed by atoms with Gasteiger partial charge in [0, 0.05) is 37.1 Å². The topological polar surface area (TPSA) is 58.2 Å². The number of morpholine rings is 1. The smallest absolute Gasteiger partial charge is 0.126 e. The fourth-order valence-electron chi connectivity index (χ4n) is 4.20. The van der Waals surface area contributed by atoms with Gasteiger partial charge in [0.05, 0.1) is 18.7 Å². The lowest BCUT2D eigenvalue weighted by Crippen LogP contribution is -2.51. The minimum atomic E-state index is 0.517. The molecule has 25 heavy (non-hydrogen) atoms. The van der Waals surface area contributed by atoms with Gasteiger partial charge in [0.1, 0.15) is 5.82 Å². The average molecular weight is 340 g/mol. The molecule has 1 aromatic carbocycles. The van der Waals surface area contributed by atoms with Crippen LogP contribution in [0.25, 0.3) is 10.9 Å².